The summed E-state index contributed by atoms with van der Waals surface area (Å²) in [5.41, 5.74) is -1.02. The van der Waals surface area contributed by atoms with Gasteiger partial charge in [0.25, 0.3) is 11.8 Å². The number of thiazole rings is 2. The van der Waals surface area contributed by atoms with Gasteiger partial charge in [-0.2, -0.15) is 13.2 Å². The molecule has 10 nitrogen and oxygen atoms in total. The van der Waals surface area contributed by atoms with E-state index in [0.29, 0.717) is 22.0 Å². The second-order valence-corrected chi connectivity index (χ2v) is 9.37. The van der Waals surface area contributed by atoms with Crippen LogP contribution >= 0.6 is 34.3 Å². The summed E-state index contributed by atoms with van der Waals surface area (Å²) in [7, 11) is 0. The number of aromatic nitrogens is 5. The van der Waals surface area contributed by atoms with Gasteiger partial charge >= 0.3 is 6.18 Å². The predicted octanol–water partition coefficient (Wildman–Crippen LogP) is 4.94. The van der Waals surface area contributed by atoms with E-state index < -0.39 is 34.6 Å². The number of nitrogens with zero attached hydrogens (tertiary/aromatic N) is 5. The first-order valence-corrected chi connectivity index (χ1v) is 12.0. The highest BCUT2D eigenvalue weighted by Gasteiger charge is 2.34. The summed E-state index contributed by atoms with van der Waals surface area (Å²) < 4.78 is 39.1. The first-order chi connectivity index (χ1) is 17.1. The van der Waals surface area contributed by atoms with Gasteiger partial charge in [-0.05, 0) is 13.0 Å². The average molecular weight is 555 g/mol. The summed E-state index contributed by atoms with van der Waals surface area (Å²) in [6.45, 7) is 1.66. The molecule has 4 heterocycles. The SMILES string of the molecule is C[C@@H](NC(=O)c1cc(Nc2nccs2)ncn1)c1ncc(C(=O)Nc2cc(C(F)(F)F)c(Cl)cn2)s1. The zero-order valence-electron chi connectivity index (χ0n) is 18.0. The third-order valence-corrected chi connectivity index (χ3v) is 6.60. The summed E-state index contributed by atoms with van der Waals surface area (Å²) in [6, 6.07) is 1.50. The lowest BCUT2D eigenvalue weighted by atomic mass is 10.2. The van der Waals surface area contributed by atoms with Crippen molar-refractivity contribution in [1.82, 2.24) is 30.2 Å². The van der Waals surface area contributed by atoms with E-state index in [1.807, 2.05) is 0 Å². The Morgan fingerprint density at radius 2 is 1.83 bits per heavy atom. The summed E-state index contributed by atoms with van der Waals surface area (Å²) >= 11 is 7.87. The molecule has 0 bridgehead atoms. The Balaban J connectivity index is 1.40. The van der Waals surface area contributed by atoms with Gasteiger partial charge in [0.05, 0.1) is 22.8 Å². The Morgan fingerprint density at radius 3 is 2.56 bits per heavy atom. The number of rotatable bonds is 7. The molecule has 0 saturated carbocycles. The lowest BCUT2D eigenvalue weighted by Gasteiger charge is -2.11. The molecule has 0 saturated heterocycles. The van der Waals surface area contributed by atoms with Gasteiger partial charge < -0.3 is 16.0 Å². The van der Waals surface area contributed by atoms with Crippen LogP contribution in [0.2, 0.25) is 5.02 Å². The molecular formula is C20H14ClF3N8O2S2. The van der Waals surface area contributed by atoms with Gasteiger partial charge in [-0.3, -0.25) is 9.59 Å². The molecule has 2 amide bonds. The minimum atomic E-state index is -4.70. The molecule has 0 aliphatic heterocycles. The van der Waals surface area contributed by atoms with Crippen molar-refractivity contribution >= 4 is 62.9 Å². The van der Waals surface area contributed by atoms with E-state index in [4.69, 9.17) is 11.6 Å². The average Bonchev–Trinajstić information content (AvgIpc) is 3.52. The van der Waals surface area contributed by atoms with Crippen molar-refractivity contribution in [3.05, 3.63) is 68.6 Å². The van der Waals surface area contributed by atoms with Crippen LogP contribution in [0.5, 0.6) is 0 Å². The molecule has 0 aliphatic rings. The number of alkyl halides is 3. The van der Waals surface area contributed by atoms with E-state index in [-0.39, 0.29) is 16.4 Å². The molecular weight excluding hydrogens is 541 g/mol. The van der Waals surface area contributed by atoms with Gasteiger partial charge in [0.15, 0.2) is 5.13 Å². The number of hydrogen-bond acceptors (Lipinski definition) is 10. The van der Waals surface area contributed by atoms with Crippen LogP contribution in [-0.4, -0.2) is 36.7 Å². The van der Waals surface area contributed by atoms with Crippen molar-refractivity contribution in [3.63, 3.8) is 0 Å². The van der Waals surface area contributed by atoms with Gasteiger partial charge in [-0.25, -0.2) is 24.9 Å². The Kier molecular flexibility index (Phi) is 7.42. The van der Waals surface area contributed by atoms with E-state index in [1.54, 1.807) is 18.5 Å². The van der Waals surface area contributed by atoms with E-state index in [1.165, 1.54) is 29.9 Å². The van der Waals surface area contributed by atoms with Crippen molar-refractivity contribution in [1.29, 1.82) is 0 Å². The summed E-state index contributed by atoms with van der Waals surface area (Å²) in [5.74, 6) is -1.15. The Bertz CT molecular complexity index is 1400. The molecule has 1 atom stereocenters. The van der Waals surface area contributed by atoms with Crippen LogP contribution in [0.25, 0.3) is 0 Å². The monoisotopic (exact) mass is 554 g/mol. The Morgan fingerprint density at radius 1 is 1.03 bits per heavy atom. The van der Waals surface area contributed by atoms with Crippen LogP contribution < -0.4 is 16.0 Å². The number of anilines is 3. The largest absolute Gasteiger partial charge is 0.418 e. The van der Waals surface area contributed by atoms with Crippen LogP contribution in [0.15, 0.2) is 42.4 Å². The zero-order valence-corrected chi connectivity index (χ0v) is 20.4. The minimum Gasteiger partial charge on any atom is -0.342 e. The molecule has 4 aromatic heterocycles. The first-order valence-electron chi connectivity index (χ1n) is 9.89. The third kappa shape index (κ3) is 6.10. The van der Waals surface area contributed by atoms with Crippen molar-refractivity contribution in [3.8, 4) is 0 Å². The van der Waals surface area contributed by atoms with E-state index in [2.05, 4.69) is 40.9 Å². The topological polar surface area (TPSA) is 135 Å². The van der Waals surface area contributed by atoms with Crippen molar-refractivity contribution in [2.75, 3.05) is 10.6 Å². The maximum atomic E-state index is 13.0. The number of pyridine rings is 1. The molecule has 4 aromatic rings. The minimum absolute atomic E-state index is 0.0970. The Labute approximate surface area is 214 Å². The molecule has 186 valence electrons. The van der Waals surface area contributed by atoms with Crippen LogP contribution in [0.4, 0.5) is 29.9 Å². The fourth-order valence-electron chi connectivity index (χ4n) is 2.77. The number of carbonyl (C=O) groups excluding carboxylic acids is 2. The van der Waals surface area contributed by atoms with E-state index >= 15 is 0 Å². The van der Waals surface area contributed by atoms with Gasteiger partial charge in [-0.15, -0.1) is 22.7 Å². The summed E-state index contributed by atoms with van der Waals surface area (Å²) in [4.78, 5) is 45.2. The van der Waals surface area contributed by atoms with E-state index in [0.717, 1.165) is 17.5 Å². The molecule has 0 aliphatic carbocycles. The number of amides is 2. The number of halogens is 4. The predicted molar refractivity (Wildman–Crippen MR) is 128 cm³/mol. The Hall–Kier alpha value is -3.69. The molecule has 4 rings (SSSR count). The molecule has 0 aromatic carbocycles. The lowest BCUT2D eigenvalue weighted by Crippen LogP contribution is -2.27. The smallest absolute Gasteiger partial charge is 0.342 e. The zero-order chi connectivity index (χ0) is 25.9. The number of nitrogens with one attached hydrogen (secondary N) is 3. The quantitative estimate of drug-likeness (QED) is 0.292. The molecule has 0 unspecified atom stereocenters. The van der Waals surface area contributed by atoms with Crippen LogP contribution in [0.3, 0.4) is 0 Å². The highest BCUT2D eigenvalue weighted by molar-refractivity contribution is 7.14. The van der Waals surface area contributed by atoms with Crippen molar-refractivity contribution < 1.29 is 22.8 Å². The van der Waals surface area contributed by atoms with E-state index in [9.17, 15) is 22.8 Å². The molecule has 0 fully saturated rings. The maximum Gasteiger partial charge on any atom is 0.418 e. The van der Waals surface area contributed by atoms with Gasteiger partial charge in [0, 0.05) is 23.8 Å². The van der Waals surface area contributed by atoms with Crippen LogP contribution in [0.1, 0.15) is 43.7 Å². The normalized spacial score (nSPS) is 12.1. The fourth-order valence-corrected chi connectivity index (χ4v) is 4.33. The van der Waals surface area contributed by atoms with Crippen molar-refractivity contribution in [2.24, 2.45) is 0 Å². The van der Waals surface area contributed by atoms with Crippen molar-refractivity contribution in [2.45, 2.75) is 19.1 Å². The second-order valence-electron chi connectivity index (χ2n) is 7.01. The number of hydrogen-bond donors (Lipinski definition) is 3. The second kappa shape index (κ2) is 10.5. The van der Waals surface area contributed by atoms with Crippen LogP contribution in [-0.2, 0) is 6.18 Å². The molecule has 36 heavy (non-hydrogen) atoms. The summed E-state index contributed by atoms with van der Waals surface area (Å²) in [6.07, 6.45) is 0.209. The lowest BCUT2D eigenvalue weighted by molar-refractivity contribution is -0.137. The summed E-state index contributed by atoms with van der Waals surface area (Å²) in [5, 5.41) is 10.2. The molecule has 0 spiro atoms. The number of carbonyl (C=O) groups is 2. The molecule has 16 heteroatoms. The fraction of sp³-hybridized carbons (Fsp3) is 0.150. The van der Waals surface area contributed by atoms with Gasteiger partial charge in [0.1, 0.15) is 33.5 Å². The van der Waals surface area contributed by atoms with Crippen LogP contribution in [0, 0.1) is 0 Å². The molecule has 0 radical (unpaired) electrons. The van der Waals surface area contributed by atoms with Gasteiger partial charge in [-0.1, -0.05) is 11.6 Å². The standard InChI is InChI=1S/C20H14ClF3N8O2S2/c1-9(30-16(33)12-5-15(29-8-28-12)32-19-25-2-3-35-19)18-27-7-13(36-18)17(34)31-14-4-10(20(22,23)24)11(21)6-26-14/h2-9H,1H3,(H,30,33)(H,26,31,34)(H,25,28,29,32)/t9-/m1/s1. The maximum absolute atomic E-state index is 13.0. The molecule has 3 N–H and O–H groups in total. The highest BCUT2D eigenvalue weighted by Crippen LogP contribution is 2.35. The first kappa shape index (κ1) is 25.4. The van der Waals surface area contributed by atoms with Gasteiger partial charge in [0.2, 0.25) is 0 Å². The highest BCUT2D eigenvalue weighted by atomic mass is 35.5. The third-order valence-electron chi connectivity index (χ3n) is 4.43.